The fourth-order valence-corrected chi connectivity index (χ4v) is 9.60. The molecule has 1 aromatic heterocycles. The molecular formula is C9H17NO3SSn. The second-order valence-electron chi connectivity index (χ2n) is 3.16. The number of nitrogens with two attached hydrogens (primary N) is 1. The van der Waals surface area contributed by atoms with Gasteiger partial charge in [-0.05, 0) is 0 Å². The zero-order valence-electron chi connectivity index (χ0n) is 9.44. The molecule has 0 fully saturated rings. The summed E-state index contributed by atoms with van der Waals surface area (Å²) in [5, 5.41) is 2.00. The van der Waals surface area contributed by atoms with E-state index in [1.807, 2.05) is 18.4 Å². The van der Waals surface area contributed by atoms with E-state index in [2.05, 4.69) is 0 Å². The molecule has 2 N–H and O–H groups in total. The van der Waals surface area contributed by atoms with Crippen molar-refractivity contribution in [2.75, 3.05) is 21.3 Å². The van der Waals surface area contributed by atoms with Crippen LogP contribution in [0.5, 0.6) is 0 Å². The van der Waals surface area contributed by atoms with Crippen molar-refractivity contribution in [1.82, 2.24) is 0 Å². The van der Waals surface area contributed by atoms with Crippen molar-refractivity contribution < 1.29 is 9.22 Å². The van der Waals surface area contributed by atoms with Crippen LogP contribution in [0.1, 0.15) is 17.8 Å². The molecule has 0 aromatic carbocycles. The summed E-state index contributed by atoms with van der Waals surface area (Å²) in [7, 11) is 4.89. The van der Waals surface area contributed by atoms with E-state index in [-0.39, 0.29) is 6.04 Å². The van der Waals surface area contributed by atoms with Crippen molar-refractivity contribution in [2.45, 2.75) is 13.0 Å². The van der Waals surface area contributed by atoms with Gasteiger partial charge in [0, 0.05) is 0 Å². The molecule has 6 heteroatoms. The molecular weight excluding hydrogens is 321 g/mol. The quantitative estimate of drug-likeness (QED) is 0.809. The van der Waals surface area contributed by atoms with Gasteiger partial charge in [0.25, 0.3) is 0 Å². The van der Waals surface area contributed by atoms with Crippen LogP contribution in [0.4, 0.5) is 0 Å². The van der Waals surface area contributed by atoms with E-state index in [1.165, 1.54) is 0 Å². The molecule has 0 saturated carbocycles. The third kappa shape index (κ3) is 2.54. The van der Waals surface area contributed by atoms with Crippen molar-refractivity contribution in [3.05, 3.63) is 16.3 Å². The molecule has 4 nitrogen and oxygen atoms in total. The molecule has 0 saturated heterocycles. The predicted octanol–water partition coefficient (Wildman–Crippen LogP) is 0.853. The van der Waals surface area contributed by atoms with Gasteiger partial charge in [-0.3, -0.25) is 0 Å². The first-order valence-electron chi connectivity index (χ1n) is 4.60. The van der Waals surface area contributed by atoms with Crippen LogP contribution >= 0.6 is 11.3 Å². The number of thiophene rings is 1. The molecule has 0 aliphatic rings. The maximum absolute atomic E-state index is 5.90. The summed E-state index contributed by atoms with van der Waals surface area (Å²) in [6.45, 7) is 1.95. The van der Waals surface area contributed by atoms with E-state index >= 15 is 0 Å². The molecule has 1 unspecified atom stereocenters. The van der Waals surface area contributed by atoms with E-state index in [4.69, 9.17) is 15.0 Å². The first-order chi connectivity index (χ1) is 7.11. The van der Waals surface area contributed by atoms with Gasteiger partial charge in [-0.25, -0.2) is 0 Å². The number of hydrogen-bond donors (Lipinski definition) is 1. The molecule has 86 valence electrons. The monoisotopic (exact) mass is 339 g/mol. The average molecular weight is 338 g/mol. The van der Waals surface area contributed by atoms with Crippen molar-refractivity contribution in [3.63, 3.8) is 0 Å². The van der Waals surface area contributed by atoms with Crippen LogP contribution in [0.15, 0.2) is 11.4 Å². The normalized spacial score (nSPS) is 14.2. The van der Waals surface area contributed by atoms with Gasteiger partial charge in [-0.1, -0.05) is 0 Å². The van der Waals surface area contributed by atoms with Crippen molar-refractivity contribution >= 4 is 34.5 Å². The predicted molar refractivity (Wildman–Crippen MR) is 63.3 cm³/mol. The maximum atomic E-state index is 5.90. The average Bonchev–Trinajstić information content (AvgIpc) is 2.71. The van der Waals surface area contributed by atoms with Crippen molar-refractivity contribution in [3.8, 4) is 0 Å². The van der Waals surface area contributed by atoms with E-state index in [0.29, 0.717) is 0 Å². The van der Waals surface area contributed by atoms with Gasteiger partial charge in [-0.15, -0.1) is 0 Å². The molecule has 15 heavy (non-hydrogen) atoms. The Morgan fingerprint density at radius 1 is 1.27 bits per heavy atom. The van der Waals surface area contributed by atoms with E-state index in [0.717, 1.165) is 8.46 Å². The molecule has 1 rings (SSSR count). The number of rotatable bonds is 5. The molecule has 0 spiro atoms. The Hall–Kier alpha value is 0.339. The van der Waals surface area contributed by atoms with E-state index < -0.39 is 19.6 Å². The van der Waals surface area contributed by atoms with Gasteiger partial charge in [0.05, 0.1) is 0 Å². The Kier molecular flexibility index (Phi) is 5.01. The summed E-state index contributed by atoms with van der Waals surface area (Å²) < 4.78 is 17.5. The van der Waals surface area contributed by atoms with Crippen LogP contribution in [0, 0.1) is 0 Å². The van der Waals surface area contributed by atoms with Crippen LogP contribution in [-0.4, -0.2) is 40.9 Å². The summed E-state index contributed by atoms with van der Waals surface area (Å²) in [6, 6.07) is 1.98. The van der Waals surface area contributed by atoms with Crippen LogP contribution in [0.2, 0.25) is 0 Å². The minimum absolute atomic E-state index is 0.0171. The van der Waals surface area contributed by atoms with E-state index in [1.54, 1.807) is 32.7 Å². The Bertz CT molecular complexity index is 304. The third-order valence-corrected chi connectivity index (χ3v) is 11.6. The first kappa shape index (κ1) is 13.4. The standard InChI is InChI=1S/C6H8NS.3CH3O.Sn/c1-5(7)6-3-2-4-8-6;3*1-2;/h2,4-5H,7H2,1H3;3*1H3;/q;3*-1;+3. The Balaban J connectivity index is 3.16. The van der Waals surface area contributed by atoms with Crippen LogP contribution in [0.25, 0.3) is 0 Å². The summed E-state index contributed by atoms with van der Waals surface area (Å²) >= 11 is -1.90. The van der Waals surface area contributed by atoms with Gasteiger partial charge in [0.2, 0.25) is 0 Å². The molecule has 1 atom stereocenters. The van der Waals surface area contributed by atoms with Crippen LogP contribution in [-0.2, 0) is 9.22 Å². The summed E-state index contributed by atoms with van der Waals surface area (Å²) in [6.07, 6.45) is 0. The SMILES string of the molecule is C[O][Sn]([O]C)([O]C)[c]1ccsc1C(C)N. The van der Waals surface area contributed by atoms with Crippen LogP contribution in [0.3, 0.4) is 0 Å². The van der Waals surface area contributed by atoms with E-state index in [9.17, 15) is 0 Å². The second kappa shape index (κ2) is 5.60. The van der Waals surface area contributed by atoms with Gasteiger partial charge in [0.1, 0.15) is 0 Å². The minimum atomic E-state index is -3.52. The molecule has 0 amide bonds. The van der Waals surface area contributed by atoms with Crippen LogP contribution < -0.4 is 9.31 Å². The molecule has 0 aliphatic heterocycles. The van der Waals surface area contributed by atoms with Gasteiger partial charge in [-0.2, -0.15) is 0 Å². The van der Waals surface area contributed by atoms with Crippen molar-refractivity contribution in [1.29, 1.82) is 0 Å². The Morgan fingerprint density at radius 2 is 1.80 bits per heavy atom. The first-order valence-corrected chi connectivity index (χ1v) is 10.4. The fourth-order valence-electron chi connectivity index (χ4n) is 1.51. The molecule has 1 aromatic rings. The summed E-state index contributed by atoms with van der Waals surface area (Å²) in [5.41, 5.74) is 5.90. The second-order valence-corrected chi connectivity index (χ2v) is 12.3. The third-order valence-electron chi connectivity index (χ3n) is 2.24. The number of hydrogen-bond acceptors (Lipinski definition) is 5. The molecule has 0 bridgehead atoms. The Labute approximate surface area is 99.8 Å². The molecule has 0 aliphatic carbocycles. The zero-order valence-corrected chi connectivity index (χ0v) is 13.1. The summed E-state index contributed by atoms with van der Waals surface area (Å²) in [5.74, 6) is 0. The van der Waals surface area contributed by atoms with Crippen molar-refractivity contribution in [2.24, 2.45) is 5.73 Å². The van der Waals surface area contributed by atoms with Gasteiger partial charge >= 0.3 is 100 Å². The molecule has 1 heterocycles. The zero-order chi connectivity index (χ0) is 11.5. The Morgan fingerprint density at radius 3 is 2.20 bits per heavy atom. The van der Waals surface area contributed by atoms with Gasteiger partial charge in [0.15, 0.2) is 0 Å². The van der Waals surface area contributed by atoms with Gasteiger partial charge < -0.3 is 0 Å². The summed E-state index contributed by atoms with van der Waals surface area (Å²) in [4.78, 5) is 1.09. The molecule has 0 radical (unpaired) electrons. The fraction of sp³-hybridized carbons (Fsp3) is 0.556. The topological polar surface area (TPSA) is 53.7 Å².